The highest BCUT2D eigenvalue weighted by atomic mass is 32.2. The first kappa shape index (κ1) is 21.6. The van der Waals surface area contributed by atoms with E-state index < -0.39 is 31.8 Å². The van der Waals surface area contributed by atoms with E-state index >= 15 is 0 Å². The molecule has 10 nitrogen and oxygen atoms in total. The van der Waals surface area contributed by atoms with Crippen LogP contribution in [0.4, 0.5) is 20.3 Å². The lowest BCUT2D eigenvalue weighted by atomic mass is 10.2. The third-order valence-corrected chi connectivity index (χ3v) is 6.29. The molecule has 0 saturated carbocycles. The van der Waals surface area contributed by atoms with Crippen LogP contribution >= 0.6 is 11.3 Å². The molecular formula is C16H14FN5O5S3. The van der Waals surface area contributed by atoms with Gasteiger partial charge in [0, 0.05) is 11.3 Å². The molecule has 0 fully saturated rings. The summed E-state index contributed by atoms with van der Waals surface area (Å²) < 4.78 is 64.4. The van der Waals surface area contributed by atoms with E-state index in [1.807, 2.05) is 0 Å². The van der Waals surface area contributed by atoms with Crippen molar-refractivity contribution in [2.75, 3.05) is 21.0 Å². The minimum absolute atomic E-state index is 0.00153. The van der Waals surface area contributed by atoms with E-state index in [1.165, 1.54) is 24.3 Å². The quantitative estimate of drug-likeness (QED) is 0.478. The highest BCUT2D eigenvalue weighted by Gasteiger charge is 2.15. The van der Waals surface area contributed by atoms with Crippen molar-refractivity contribution in [3.63, 3.8) is 0 Å². The average Bonchev–Trinajstić information content (AvgIpc) is 3.07. The molecule has 0 aliphatic carbocycles. The van der Waals surface area contributed by atoms with Gasteiger partial charge in [-0.25, -0.2) is 21.2 Å². The van der Waals surface area contributed by atoms with Crippen LogP contribution in [0.25, 0.3) is 0 Å². The second-order valence-electron chi connectivity index (χ2n) is 5.88. The lowest BCUT2D eigenvalue weighted by Crippen LogP contribution is -2.14. The topological polar surface area (TPSA) is 147 Å². The molecule has 0 aliphatic heterocycles. The molecule has 0 bridgehead atoms. The lowest BCUT2D eigenvalue weighted by Gasteiger charge is -2.09. The van der Waals surface area contributed by atoms with Crippen LogP contribution in [0.1, 0.15) is 10.4 Å². The van der Waals surface area contributed by atoms with Gasteiger partial charge < -0.3 is 0 Å². The minimum atomic E-state index is -3.91. The summed E-state index contributed by atoms with van der Waals surface area (Å²) in [5.41, 5.74) is 0.402. The molecule has 14 heteroatoms. The van der Waals surface area contributed by atoms with Gasteiger partial charge in [0.25, 0.3) is 15.9 Å². The molecule has 3 aromatic rings. The Hall–Kier alpha value is -3.10. The number of benzene rings is 2. The van der Waals surface area contributed by atoms with Gasteiger partial charge in [0.05, 0.1) is 11.2 Å². The number of nitrogens with one attached hydrogen (secondary N) is 3. The van der Waals surface area contributed by atoms with E-state index in [-0.39, 0.29) is 26.4 Å². The molecule has 1 amide bonds. The number of sulfonamides is 2. The Morgan fingerprint density at radius 2 is 1.50 bits per heavy atom. The van der Waals surface area contributed by atoms with E-state index in [9.17, 15) is 26.0 Å². The van der Waals surface area contributed by atoms with Crippen LogP contribution < -0.4 is 14.8 Å². The fourth-order valence-electron chi connectivity index (χ4n) is 2.16. The van der Waals surface area contributed by atoms with E-state index in [0.717, 1.165) is 41.9 Å². The number of carbonyl (C=O) groups excluding carboxylic acids is 1. The summed E-state index contributed by atoms with van der Waals surface area (Å²) in [7, 11) is -7.43. The molecule has 0 aliphatic rings. The normalized spacial score (nSPS) is 11.7. The molecule has 1 aromatic heterocycles. The lowest BCUT2D eigenvalue weighted by molar-refractivity contribution is 0.102. The maximum atomic E-state index is 13.0. The van der Waals surface area contributed by atoms with Gasteiger partial charge in [-0.2, -0.15) is 0 Å². The number of rotatable bonds is 7. The van der Waals surface area contributed by atoms with Gasteiger partial charge in [-0.3, -0.25) is 19.6 Å². The second-order valence-corrected chi connectivity index (χ2v) is 10.3. The van der Waals surface area contributed by atoms with Crippen molar-refractivity contribution in [3.05, 3.63) is 59.9 Å². The monoisotopic (exact) mass is 471 g/mol. The Bertz CT molecular complexity index is 1270. The van der Waals surface area contributed by atoms with Crippen LogP contribution in [0.5, 0.6) is 0 Å². The maximum absolute atomic E-state index is 13.0. The first-order valence-electron chi connectivity index (χ1n) is 8.03. The number of hydrogen-bond donors (Lipinski definition) is 3. The Morgan fingerprint density at radius 1 is 0.900 bits per heavy atom. The highest BCUT2D eigenvalue weighted by Crippen LogP contribution is 2.22. The van der Waals surface area contributed by atoms with Crippen molar-refractivity contribution in [3.8, 4) is 0 Å². The van der Waals surface area contributed by atoms with Gasteiger partial charge >= 0.3 is 0 Å². The standard InChI is InChI=1S/C16H14FN5O5S3/c1-29(24,25)22-16-20-19-15(28-16)18-14(23)10-2-6-12(7-3-10)21-30(26,27)13-8-4-11(17)5-9-13/h2-9,21H,1H3,(H,20,22)(H,18,19,23). The van der Waals surface area contributed by atoms with E-state index in [4.69, 9.17) is 0 Å². The molecule has 2 aromatic carbocycles. The summed E-state index contributed by atoms with van der Waals surface area (Å²) in [4.78, 5) is 12.2. The summed E-state index contributed by atoms with van der Waals surface area (Å²) >= 11 is 0.830. The molecule has 0 saturated heterocycles. The predicted molar refractivity (Wildman–Crippen MR) is 110 cm³/mol. The van der Waals surface area contributed by atoms with Crippen molar-refractivity contribution in [1.82, 2.24) is 10.2 Å². The highest BCUT2D eigenvalue weighted by molar-refractivity contribution is 7.92. The molecule has 0 atom stereocenters. The van der Waals surface area contributed by atoms with Crippen LogP contribution in [-0.2, 0) is 20.0 Å². The molecule has 3 rings (SSSR count). The van der Waals surface area contributed by atoms with Crippen LogP contribution in [0.15, 0.2) is 53.4 Å². The van der Waals surface area contributed by atoms with Crippen LogP contribution in [0.2, 0.25) is 0 Å². The number of halogens is 1. The molecule has 30 heavy (non-hydrogen) atoms. The van der Waals surface area contributed by atoms with E-state index in [1.54, 1.807) is 0 Å². The number of carbonyl (C=O) groups is 1. The van der Waals surface area contributed by atoms with Gasteiger partial charge in [0.2, 0.25) is 20.3 Å². The second kappa shape index (κ2) is 8.33. The number of aromatic nitrogens is 2. The SMILES string of the molecule is CS(=O)(=O)Nc1nnc(NC(=O)c2ccc(NS(=O)(=O)c3ccc(F)cc3)cc2)s1. The van der Waals surface area contributed by atoms with Crippen molar-refractivity contribution < 1.29 is 26.0 Å². The van der Waals surface area contributed by atoms with Crippen LogP contribution in [-0.4, -0.2) is 39.2 Å². The summed E-state index contributed by atoms with van der Waals surface area (Å²) in [5.74, 6) is -1.11. The number of anilines is 3. The maximum Gasteiger partial charge on any atom is 0.261 e. The zero-order valence-corrected chi connectivity index (χ0v) is 17.6. The Kier molecular flexibility index (Phi) is 6.00. The first-order chi connectivity index (χ1) is 14.0. The summed E-state index contributed by atoms with van der Waals surface area (Å²) in [6, 6.07) is 9.87. The van der Waals surface area contributed by atoms with Gasteiger partial charge in [-0.05, 0) is 48.5 Å². The molecule has 1 heterocycles. The zero-order valence-electron chi connectivity index (χ0n) is 15.2. The van der Waals surface area contributed by atoms with E-state index in [0.29, 0.717) is 0 Å². The van der Waals surface area contributed by atoms with Crippen molar-refractivity contribution >= 4 is 53.2 Å². The molecular weight excluding hydrogens is 457 g/mol. The summed E-state index contributed by atoms with van der Waals surface area (Å²) in [6.45, 7) is 0. The Morgan fingerprint density at radius 3 is 2.10 bits per heavy atom. The largest absolute Gasteiger partial charge is 0.296 e. The fourth-order valence-corrected chi connectivity index (χ4v) is 4.69. The van der Waals surface area contributed by atoms with Gasteiger partial charge in [0.1, 0.15) is 5.82 Å². The minimum Gasteiger partial charge on any atom is -0.296 e. The third kappa shape index (κ3) is 5.71. The molecule has 158 valence electrons. The van der Waals surface area contributed by atoms with Crippen molar-refractivity contribution in [2.45, 2.75) is 4.90 Å². The zero-order chi connectivity index (χ0) is 21.9. The van der Waals surface area contributed by atoms with Gasteiger partial charge in [0.15, 0.2) is 0 Å². The number of hydrogen-bond acceptors (Lipinski definition) is 8. The van der Waals surface area contributed by atoms with Crippen LogP contribution in [0.3, 0.4) is 0 Å². The Balaban J connectivity index is 1.66. The van der Waals surface area contributed by atoms with Crippen LogP contribution in [0, 0.1) is 5.82 Å². The number of nitrogens with zero attached hydrogens (tertiary/aromatic N) is 2. The number of amides is 1. The molecule has 0 unspecified atom stereocenters. The third-order valence-electron chi connectivity index (χ3n) is 3.44. The molecule has 0 radical (unpaired) electrons. The molecule has 0 spiro atoms. The Labute approximate surface area is 175 Å². The fraction of sp³-hybridized carbons (Fsp3) is 0.0625. The summed E-state index contributed by atoms with van der Waals surface area (Å²) in [6.07, 6.45) is 0.957. The van der Waals surface area contributed by atoms with Crippen molar-refractivity contribution in [2.24, 2.45) is 0 Å². The van der Waals surface area contributed by atoms with Gasteiger partial charge in [-0.1, -0.05) is 11.3 Å². The van der Waals surface area contributed by atoms with Gasteiger partial charge in [-0.15, -0.1) is 10.2 Å². The summed E-state index contributed by atoms with van der Waals surface area (Å²) in [5, 5.41) is 9.80. The smallest absolute Gasteiger partial charge is 0.261 e. The average molecular weight is 472 g/mol. The first-order valence-corrected chi connectivity index (χ1v) is 12.2. The van der Waals surface area contributed by atoms with E-state index in [2.05, 4.69) is 25.0 Å². The molecule has 3 N–H and O–H groups in total. The van der Waals surface area contributed by atoms with Crippen molar-refractivity contribution in [1.29, 1.82) is 0 Å². The predicted octanol–water partition coefficient (Wildman–Crippen LogP) is 2.10.